The van der Waals surface area contributed by atoms with Crippen LogP contribution in [0.4, 0.5) is 5.69 Å². The van der Waals surface area contributed by atoms with Crippen LogP contribution in [0.1, 0.15) is 21.6 Å². The van der Waals surface area contributed by atoms with Crippen molar-refractivity contribution >= 4 is 21.6 Å². The summed E-state index contributed by atoms with van der Waals surface area (Å²) in [7, 11) is -2.59. The fraction of sp³-hybridized carbons (Fsp3) is 0.318. The first-order chi connectivity index (χ1) is 17.2. The lowest BCUT2D eigenvalue weighted by Gasteiger charge is -2.26. The fourth-order valence-electron chi connectivity index (χ4n) is 3.67. The zero-order chi connectivity index (χ0) is 25.9. The van der Waals surface area contributed by atoms with E-state index in [9.17, 15) is 23.3 Å². The van der Waals surface area contributed by atoms with E-state index in [1.165, 1.54) is 15.1 Å². The molecule has 1 fully saturated rings. The van der Waals surface area contributed by atoms with Crippen molar-refractivity contribution in [3.05, 3.63) is 69.7 Å². The monoisotopic (exact) mass is 516 g/mol. The molecule has 190 valence electrons. The van der Waals surface area contributed by atoms with E-state index in [-0.39, 0.29) is 55.1 Å². The molecule has 0 saturated carbocycles. The van der Waals surface area contributed by atoms with E-state index in [2.05, 4.69) is 15.4 Å². The Bertz CT molecular complexity index is 1390. The maximum Gasteiger partial charge on any atom is 0.272 e. The predicted molar refractivity (Wildman–Crippen MR) is 126 cm³/mol. The Morgan fingerprint density at radius 3 is 2.69 bits per heavy atom. The van der Waals surface area contributed by atoms with Crippen LogP contribution in [0.2, 0.25) is 0 Å². The topological polar surface area (TPSA) is 159 Å². The average molecular weight is 517 g/mol. The van der Waals surface area contributed by atoms with Crippen molar-refractivity contribution in [2.45, 2.75) is 18.4 Å². The standard InChI is InChI=1S/C22H24N6O7S/c1-15-20(21(29)24-14-16-4-3-7-23-13-16)25-26(2)22(15)35-18-6-5-17(28(30)31)12-19(18)36(32,33)27-8-10-34-11-9-27/h3-7,12-13H,8-11,14H2,1-2H3,(H,24,29). The lowest BCUT2D eigenvalue weighted by atomic mass is 10.2. The van der Waals surface area contributed by atoms with Gasteiger partial charge in [-0.25, -0.2) is 13.1 Å². The minimum atomic E-state index is -4.13. The molecular formula is C22H24N6O7S. The Kier molecular flexibility index (Phi) is 7.28. The van der Waals surface area contributed by atoms with Gasteiger partial charge in [0.25, 0.3) is 11.6 Å². The molecule has 1 saturated heterocycles. The normalized spacial score (nSPS) is 14.4. The Hall–Kier alpha value is -3.88. The highest BCUT2D eigenvalue weighted by Crippen LogP contribution is 2.35. The van der Waals surface area contributed by atoms with Crippen molar-refractivity contribution < 1.29 is 27.6 Å². The highest BCUT2D eigenvalue weighted by atomic mass is 32.2. The first-order valence-corrected chi connectivity index (χ1v) is 12.4. The number of aromatic nitrogens is 3. The summed E-state index contributed by atoms with van der Waals surface area (Å²) >= 11 is 0. The maximum atomic E-state index is 13.4. The molecule has 14 heteroatoms. The second-order valence-corrected chi connectivity index (χ2v) is 9.86. The minimum absolute atomic E-state index is 0.0934. The largest absolute Gasteiger partial charge is 0.438 e. The molecule has 0 aliphatic carbocycles. The number of non-ortho nitro benzene ring substituents is 1. The van der Waals surface area contributed by atoms with Gasteiger partial charge in [0.2, 0.25) is 15.9 Å². The summed E-state index contributed by atoms with van der Waals surface area (Å²) in [6.07, 6.45) is 3.26. The van der Waals surface area contributed by atoms with Crippen molar-refractivity contribution in [3.63, 3.8) is 0 Å². The second-order valence-electron chi connectivity index (χ2n) is 7.95. The number of carbonyl (C=O) groups excluding carboxylic acids is 1. The van der Waals surface area contributed by atoms with E-state index < -0.39 is 26.5 Å². The van der Waals surface area contributed by atoms with Crippen molar-refractivity contribution in [1.82, 2.24) is 24.4 Å². The van der Waals surface area contributed by atoms with Crippen LogP contribution in [0.3, 0.4) is 0 Å². The van der Waals surface area contributed by atoms with Gasteiger partial charge in [0.15, 0.2) is 5.69 Å². The van der Waals surface area contributed by atoms with E-state index in [0.29, 0.717) is 5.56 Å². The highest BCUT2D eigenvalue weighted by molar-refractivity contribution is 7.89. The van der Waals surface area contributed by atoms with Gasteiger partial charge in [0.05, 0.1) is 18.1 Å². The molecule has 13 nitrogen and oxygen atoms in total. The van der Waals surface area contributed by atoms with Gasteiger partial charge in [0.1, 0.15) is 10.6 Å². The van der Waals surface area contributed by atoms with Crippen molar-refractivity contribution in [3.8, 4) is 11.6 Å². The van der Waals surface area contributed by atoms with Gasteiger partial charge in [-0.05, 0) is 24.6 Å². The van der Waals surface area contributed by atoms with Gasteiger partial charge in [-0.1, -0.05) is 6.07 Å². The third-order valence-corrected chi connectivity index (χ3v) is 7.46. The molecule has 2 aromatic heterocycles. The summed E-state index contributed by atoms with van der Waals surface area (Å²) in [5.41, 5.74) is 0.872. The molecule has 0 unspecified atom stereocenters. The zero-order valence-corrected chi connectivity index (χ0v) is 20.4. The molecule has 1 amide bonds. The van der Waals surface area contributed by atoms with Gasteiger partial charge >= 0.3 is 0 Å². The molecule has 1 aromatic carbocycles. The molecule has 0 radical (unpaired) electrons. The number of morpholine rings is 1. The third kappa shape index (κ3) is 5.19. The summed E-state index contributed by atoms with van der Waals surface area (Å²) in [6, 6.07) is 6.92. The molecule has 4 rings (SSSR count). The molecule has 3 heterocycles. The van der Waals surface area contributed by atoms with Crippen LogP contribution in [-0.4, -0.2) is 64.6 Å². The Morgan fingerprint density at radius 1 is 1.28 bits per heavy atom. The fourth-order valence-corrected chi connectivity index (χ4v) is 5.21. The van der Waals surface area contributed by atoms with Crippen LogP contribution in [-0.2, 0) is 28.4 Å². The number of rotatable bonds is 8. The van der Waals surface area contributed by atoms with E-state index in [0.717, 1.165) is 17.7 Å². The number of carbonyl (C=O) groups is 1. The predicted octanol–water partition coefficient (Wildman–Crippen LogP) is 1.77. The van der Waals surface area contributed by atoms with Crippen LogP contribution >= 0.6 is 0 Å². The number of amides is 1. The molecular weight excluding hydrogens is 492 g/mol. The molecule has 1 N–H and O–H groups in total. The minimum Gasteiger partial charge on any atom is -0.438 e. The van der Waals surface area contributed by atoms with Crippen LogP contribution in [0, 0.1) is 17.0 Å². The molecule has 1 aliphatic rings. The van der Waals surface area contributed by atoms with Crippen LogP contribution in [0.5, 0.6) is 11.6 Å². The number of benzene rings is 1. The summed E-state index contributed by atoms with van der Waals surface area (Å²) in [4.78, 5) is 27.1. The maximum absolute atomic E-state index is 13.4. The van der Waals surface area contributed by atoms with Crippen molar-refractivity contribution in [1.29, 1.82) is 0 Å². The summed E-state index contributed by atoms with van der Waals surface area (Å²) in [5, 5.41) is 18.3. The number of nitro benzene ring substituents is 1. The van der Waals surface area contributed by atoms with Crippen LogP contribution in [0.25, 0.3) is 0 Å². The van der Waals surface area contributed by atoms with Crippen molar-refractivity contribution in [2.24, 2.45) is 7.05 Å². The molecule has 0 spiro atoms. The summed E-state index contributed by atoms with van der Waals surface area (Å²) < 4.78 is 40.4. The van der Waals surface area contributed by atoms with E-state index in [1.54, 1.807) is 32.4 Å². The number of sulfonamides is 1. The molecule has 36 heavy (non-hydrogen) atoms. The van der Waals surface area contributed by atoms with Gasteiger partial charge in [-0.3, -0.25) is 19.9 Å². The first-order valence-electron chi connectivity index (χ1n) is 10.9. The second kappa shape index (κ2) is 10.4. The van der Waals surface area contributed by atoms with Gasteiger partial charge < -0.3 is 14.8 Å². The van der Waals surface area contributed by atoms with Gasteiger partial charge in [-0.2, -0.15) is 9.40 Å². The number of pyridine rings is 1. The number of aryl methyl sites for hydroxylation is 1. The summed E-state index contributed by atoms with van der Waals surface area (Å²) in [5.74, 6) is -0.457. The number of nitrogens with zero attached hydrogens (tertiary/aromatic N) is 5. The number of ether oxygens (including phenoxy) is 2. The number of hydrogen-bond acceptors (Lipinski definition) is 9. The highest BCUT2D eigenvalue weighted by Gasteiger charge is 2.32. The molecule has 0 bridgehead atoms. The number of hydrogen-bond donors (Lipinski definition) is 1. The zero-order valence-electron chi connectivity index (χ0n) is 19.6. The lowest BCUT2D eigenvalue weighted by molar-refractivity contribution is -0.385. The third-order valence-electron chi connectivity index (χ3n) is 5.54. The van der Waals surface area contributed by atoms with E-state index in [1.807, 2.05) is 6.07 Å². The lowest BCUT2D eigenvalue weighted by Crippen LogP contribution is -2.40. The molecule has 0 atom stereocenters. The van der Waals surface area contributed by atoms with Crippen LogP contribution < -0.4 is 10.1 Å². The first kappa shape index (κ1) is 25.2. The Labute approximate surface area is 206 Å². The molecule has 1 aliphatic heterocycles. The molecule has 3 aromatic rings. The van der Waals surface area contributed by atoms with Gasteiger partial charge in [-0.15, -0.1) is 0 Å². The summed E-state index contributed by atoms with van der Waals surface area (Å²) in [6.45, 7) is 2.49. The average Bonchev–Trinajstić information content (AvgIpc) is 3.17. The Balaban J connectivity index is 1.64. The number of nitrogens with one attached hydrogen (secondary N) is 1. The van der Waals surface area contributed by atoms with Gasteiger partial charge in [0, 0.05) is 56.8 Å². The van der Waals surface area contributed by atoms with E-state index in [4.69, 9.17) is 9.47 Å². The smallest absolute Gasteiger partial charge is 0.272 e. The van der Waals surface area contributed by atoms with E-state index >= 15 is 0 Å². The SMILES string of the molecule is Cc1c(C(=O)NCc2cccnc2)nn(C)c1Oc1ccc([N+](=O)[O-])cc1S(=O)(=O)N1CCOCC1. The van der Waals surface area contributed by atoms with Crippen molar-refractivity contribution in [2.75, 3.05) is 26.3 Å². The quantitative estimate of drug-likeness (QED) is 0.348. The van der Waals surface area contributed by atoms with Crippen LogP contribution in [0.15, 0.2) is 47.6 Å². The Morgan fingerprint density at radius 2 is 2.03 bits per heavy atom. The number of nitro groups is 1.